The first-order valence-corrected chi connectivity index (χ1v) is 17.8. The maximum absolute atomic E-state index is 5.45. The molecule has 0 aliphatic carbocycles. The van der Waals surface area contributed by atoms with Gasteiger partial charge in [0.05, 0.1) is 33.1 Å². The second-order valence-electron chi connectivity index (χ2n) is 13.8. The van der Waals surface area contributed by atoms with Gasteiger partial charge in [0.15, 0.2) is 5.82 Å². The van der Waals surface area contributed by atoms with E-state index in [2.05, 4.69) is 173 Å². The van der Waals surface area contributed by atoms with Crippen LogP contribution in [0, 0.1) is 0 Å². The fourth-order valence-corrected chi connectivity index (χ4v) is 8.82. The third-order valence-corrected chi connectivity index (χ3v) is 11.0. The average Bonchev–Trinajstić information content (AvgIpc) is 3.85. The molecule has 12 rings (SSSR count). The molecule has 0 spiro atoms. The molecule has 0 saturated carbocycles. The van der Waals surface area contributed by atoms with E-state index < -0.39 is 0 Å². The fourth-order valence-electron chi connectivity index (χ4n) is 8.82. The summed E-state index contributed by atoms with van der Waals surface area (Å²) in [7, 11) is 0. The standard InChI is InChI=1S/C48H28N4/c1-2-14-30(15-3-1)47-49-40-22-9-6-19-35(40)48(50-47)52-43-26-25-31(33-21-12-16-29-13-4-5-17-32(29)33)27-37(43)39-28-38-34-18-7-10-23-41(34)51-42-24-11-8-20-36(42)44(45(38)51)46(39)52/h1-28H. The summed E-state index contributed by atoms with van der Waals surface area (Å²) >= 11 is 0. The number of fused-ring (bicyclic) bond motifs is 12. The first kappa shape index (κ1) is 27.7. The van der Waals surface area contributed by atoms with Gasteiger partial charge in [-0.3, -0.25) is 4.57 Å². The van der Waals surface area contributed by atoms with E-state index in [9.17, 15) is 0 Å². The zero-order chi connectivity index (χ0) is 33.9. The van der Waals surface area contributed by atoms with E-state index >= 15 is 0 Å². The van der Waals surface area contributed by atoms with Gasteiger partial charge in [0.1, 0.15) is 5.82 Å². The predicted molar refractivity (Wildman–Crippen MR) is 217 cm³/mol. The molecule has 0 fully saturated rings. The van der Waals surface area contributed by atoms with Gasteiger partial charge in [-0.05, 0) is 64.4 Å². The molecule has 0 bridgehead atoms. The summed E-state index contributed by atoms with van der Waals surface area (Å²) in [6.45, 7) is 0. The first-order chi connectivity index (χ1) is 25.8. The molecule has 4 heterocycles. The molecule has 240 valence electrons. The van der Waals surface area contributed by atoms with Crippen LogP contribution in [0.25, 0.3) is 110 Å². The monoisotopic (exact) mass is 660 g/mol. The van der Waals surface area contributed by atoms with E-state index in [0.717, 1.165) is 33.3 Å². The van der Waals surface area contributed by atoms with Gasteiger partial charge in [-0.15, -0.1) is 0 Å². The minimum absolute atomic E-state index is 0.712. The van der Waals surface area contributed by atoms with Gasteiger partial charge in [-0.25, -0.2) is 9.97 Å². The summed E-state index contributed by atoms with van der Waals surface area (Å²) in [5, 5.41) is 10.9. The Kier molecular flexibility index (Phi) is 5.47. The maximum Gasteiger partial charge on any atom is 0.162 e. The van der Waals surface area contributed by atoms with Crippen LogP contribution in [0.5, 0.6) is 0 Å². The van der Waals surface area contributed by atoms with Gasteiger partial charge < -0.3 is 4.40 Å². The van der Waals surface area contributed by atoms with Crippen LogP contribution in [0.4, 0.5) is 0 Å². The van der Waals surface area contributed by atoms with E-state index in [4.69, 9.17) is 9.97 Å². The highest BCUT2D eigenvalue weighted by Crippen LogP contribution is 2.47. The van der Waals surface area contributed by atoms with Crippen LogP contribution in [0.1, 0.15) is 0 Å². The quantitative estimate of drug-likeness (QED) is 0.189. The van der Waals surface area contributed by atoms with Crippen molar-refractivity contribution in [3.05, 3.63) is 170 Å². The lowest BCUT2D eigenvalue weighted by molar-refractivity contribution is 1.08. The lowest BCUT2D eigenvalue weighted by Crippen LogP contribution is -2.03. The van der Waals surface area contributed by atoms with Crippen LogP contribution in [0.3, 0.4) is 0 Å². The molecule has 0 aliphatic heterocycles. The highest BCUT2D eigenvalue weighted by molar-refractivity contribution is 6.34. The average molecular weight is 661 g/mol. The van der Waals surface area contributed by atoms with Crippen molar-refractivity contribution in [2.24, 2.45) is 0 Å². The van der Waals surface area contributed by atoms with Crippen molar-refractivity contribution >= 4 is 81.6 Å². The zero-order valence-electron chi connectivity index (χ0n) is 28.0. The van der Waals surface area contributed by atoms with Gasteiger partial charge >= 0.3 is 0 Å². The van der Waals surface area contributed by atoms with Crippen LogP contribution >= 0.6 is 0 Å². The van der Waals surface area contributed by atoms with Gasteiger partial charge in [0.25, 0.3) is 0 Å². The molecule has 0 unspecified atom stereocenters. The molecule has 8 aromatic carbocycles. The van der Waals surface area contributed by atoms with Crippen molar-refractivity contribution in [1.82, 2.24) is 18.9 Å². The van der Waals surface area contributed by atoms with Gasteiger partial charge in [-0.1, -0.05) is 127 Å². The van der Waals surface area contributed by atoms with Crippen molar-refractivity contribution in [3.8, 4) is 28.3 Å². The van der Waals surface area contributed by atoms with Crippen LogP contribution in [0.15, 0.2) is 170 Å². The Morgan fingerprint density at radius 2 is 1.06 bits per heavy atom. The Hall–Kier alpha value is -7.04. The summed E-state index contributed by atoms with van der Waals surface area (Å²) in [6.07, 6.45) is 0. The summed E-state index contributed by atoms with van der Waals surface area (Å²) < 4.78 is 4.89. The third-order valence-electron chi connectivity index (χ3n) is 11.0. The Labute approximate surface area is 297 Å². The van der Waals surface area contributed by atoms with E-state index in [0.29, 0.717) is 5.82 Å². The van der Waals surface area contributed by atoms with E-state index in [1.54, 1.807) is 0 Å². The molecule has 0 saturated heterocycles. The molecule has 12 aromatic rings. The molecular weight excluding hydrogens is 633 g/mol. The summed E-state index contributed by atoms with van der Waals surface area (Å²) in [6, 6.07) is 61.1. The SMILES string of the molecule is c1ccc(-c2nc(-n3c4ccc(-c5cccc6ccccc56)cc4c4cc5c6ccccc6n6c7ccccc7c(c43)c56)c3ccccc3n2)cc1. The zero-order valence-corrected chi connectivity index (χ0v) is 28.0. The molecule has 0 N–H and O–H groups in total. The number of benzene rings is 8. The fraction of sp³-hybridized carbons (Fsp3) is 0. The summed E-state index contributed by atoms with van der Waals surface area (Å²) in [5.74, 6) is 1.59. The number of hydrogen-bond acceptors (Lipinski definition) is 2. The Balaban J connectivity index is 1.31. The second kappa shape index (κ2) is 10.3. The third kappa shape index (κ3) is 3.65. The van der Waals surface area contributed by atoms with Crippen molar-refractivity contribution < 1.29 is 0 Å². The van der Waals surface area contributed by atoms with Crippen LogP contribution in [-0.2, 0) is 0 Å². The molecule has 0 radical (unpaired) electrons. The number of aromatic nitrogens is 4. The highest BCUT2D eigenvalue weighted by atomic mass is 15.1. The lowest BCUT2D eigenvalue weighted by atomic mass is 9.96. The molecular formula is C48H28N4. The second-order valence-corrected chi connectivity index (χ2v) is 13.8. The normalized spacial score (nSPS) is 12.2. The van der Waals surface area contributed by atoms with Crippen molar-refractivity contribution in [1.29, 1.82) is 0 Å². The minimum atomic E-state index is 0.712. The van der Waals surface area contributed by atoms with E-state index in [1.807, 2.05) is 6.07 Å². The molecule has 4 nitrogen and oxygen atoms in total. The van der Waals surface area contributed by atoms with Gasteiger partial charge in [0, 0.05) is 43.3 Å². The van der Waals surface area contributed by atoms with Gasteiger partial charge in [-0.2, -0.15) is 0 Å². The molecule has 0 aliphatic rings. The lowest BCUT2D eigenvalue weighted by Gasteiger charge is -2.13. The van der Waals surface area contributed by atoms with Gasteiger partial charge in [0.2, 0.25) is 0 Å². The minimum Gasteiger partial charge on any atom is -0.308 e. The Morgan fingerprint density at radius 3 is 1.92 bits per heavy atom. The summed E-state index contributed by atoms with van der Waals surface area (Å²) in [4.78, 5) is 10.5. The number of para-hydroxylation sites is 3. The smallest absolute Gasteiger partial charge is 0.162 e. The van der Waals surface area contributed by atoms with Crippen LogP contribution in [-0.4, -0.2) is 18.9 Å². The highest BCUT2D eigenvalue weighted by Gasteiger charge is 2.26. The Bertz CT molecular complexity index is 3400. The van der Waals surface area contributed by atoms with Crippen molar-refractivity contribution in [3.63, 3.8) is 0 Å². The number of hydrogen-bond donors (Lipinski definition) is 0. The molecule has 52 heavy (non-hydrogen) atoms. The first-order valence-electron chi connectivity index (χ1n) is 17.8. The molecule has 0 amide bonds. The maximum atomic E-state index is 5.45. The largest absolute Gasteiger partial charge is 0.308 e. The predicted octanol–water partition coefficient (Wildman–Crippen LogP) is 12.4. The van der Waals surface area contributed by atoms with Crippen molar-refractivity contribution in [2.75, 3.05) is 0 Å². The number of nitrogens with zero attached hydrogens (tertiary/aromatic N) is 4. The van der Waals surface area contributed by atoms with Crippen LogP contribution in [0.2, 0.25) is 0 Å². The van der Waals surface area contributed by atoms with E-state index in [1.165, 1.54) is 70.8 Å². The number of rotatable bonds is 3. The van der Waals surface area contributed by atoms with Crippen molar-refractivity contribution in [2.45, 2.75) is 0 Å². The molecule has 4 heteroatoms. The molecule has 0 atom stereocenters. The summed E-state index contributed by atoms with van der Waals surface area (Å²) in [5.41, 5.74) is 10.3. The van der Waals surface area contributed by atoms with Crippen LogP contribution < -0.4 is 0 Å². The molecule has 4 aromatic heterocycles. The Morgan fingerprint density at radius 1 is 0.385 bits per heavy atom. The van der Waals surface area contributed by atoms with E-state index in [-0.39, 0.29) is 0 Å². The topological polar surface area (TPSA) is 35.1 Å².